The van der Waals surface area contributed by atoms with Gasteiger partial charge in [-0.3, -0.25) is 0 Å². The van der Waals surface area contributed by atoms with Crippen molar-refractivity contribution in [2.75, 3.05) is 0 Å². The first-order valence-corrected chi connectivity index (χ1v) is 11.5. The number of hydrogen-bond acceptors (Lipinski definition) is 0. The molecule has 0 aromatic carbocycles. The quantitative estimate of drug-likeness (QED) is 0.441. The fourth-order valence-corrected chi connectivity index (χ4v) is 6.13. The van der Waals surface area contributed by atoms with Crippen LogP contribution < -0.4 is 0 Å². The van der Waals surface area contributed by atoms with Crippen LogP contribution in [0.1, 0.15) is 93.8 Å². The molecule has 0 aromatic heterocycles. The molecule has 3 heteroatoms. The Kier molecular flexibility index (Phi) is 9.25. The SMILES string of the molecule is CCC/C=C/C1CCC(C2CCC(C3CCC(C)C(F)C3F)CC2)CC1.O.[HH].[HH]. The molecule has 162 valence electrons. The van der Waals surface area contributed by atoms with Crippen LogP contribution in [0.2, 0.25) is 0 Å². The van der Waals surface area contributed by atoms with Gasteiger partial charge in [-0.05, 0) is 106 Å². The van der Waals surface area contributed by atoms with Crippen LogP contribution in [0, 0.1) is 35.5 Å². The molecule has 4 atom stereocenters. The lowest BCUT2D eigenvalue weighted by Crippen LogP contribution is -2.41. The van der Waals surface area contributed by atoms with E-state index in [-0.39, 0.29) is 20.2 Å². The minimum absolute atomic E-state index is 0. The van der Waals surface area contributed by atoms with Gasteiger partial charge in [0.1, 0.15) is 12.3 Å². The standard InChI is InChI=1S/C24H40F2.H2O.2H2/c1-3-4-5-6-18-8-10-19(11-9-18)20-12-14-21(15-13-20)22-16-7-17(2)23(25)24(22)26;;;/h5-6,17-24H,3-4,7-16H2,1-2H3;1H2;2*1H/b6-5+;;;. The summed E-state index contributed by atoms with van der Waals surface area (Å²) in [7, 11) is 0. The highest BCUT2D eigenvalue weighted by atomic mass is 19.2. The lowest BCUT2D eigenvalue weighted by molar-refractivity contribution is -0.00986. The molecule has 1 nitrogen and oxygen atoms in total. The van der Waals surface area contributed by atoms with Gasteiger partial charge < -0.3 is 5.48 Å². The summed E-state index contributed by atoms with van der Waals surface area (Å²) in [6.07, 6.45) is 17.0. The molecule has 3 rings (SSSR count). The molecule has 3 saturated carbocycles. The fraction of sp³-hybridized carbons (Fsp3) is 0.917. The number of alkyl halides is 2. The largest absolute Gasteiger partial charge is 0.412 e. The third-order valence-electron chi connectivity index (χ3n) is 7.98. The van der Waals surface area contributed by atoms with Crippen LogP contribution in [-0.2, 0) is 0 Å². The van der Waals surface area contributed by atoms with Gasteiger partial charge >= 0.3 is 0 Å². The Morgan fingerprint density at radius 3 is 1.93 bits per heavy atom. The van der Waals surface area contributed by atoms with Crippen LogP contribution in [0.15, 0.2) is 12.2 Å². The monoisotopic (exact) mass is 388 g/mol. The van der Waals surface area contributed by atoms with Crippen molar-refractivity contribution in [1.29, 1.82) is 0 Å². The lowest BCUT2D eigenvalue weighted by atomic mass is 9.64. The van der Waals surface area contributed by atoms with Crippen LogP contribution >= 0.6 is 0 Å². The topological polar surface area (TPSA) is 31.5 Å². The first-order chi connectivity index (χ1) is 12.6. The van der Waals surface area contributed by atoms with Crippen molar-refractivity contribution < 1.29 is 17.1 Å². The van der Waals surface area contributed by atoms with Crippen molar-refractivity contribution in [3.05, 3.63) is 12.2 Å². The summed E-state index contributed by atoms with van der Waals surface area (Å²) in [4.78, 5) is 0. The highest BCUT2D eigenvalue weighted by Gasteiger charge is 2.43. The fourth-order valence-electron chi connectivity index (χ4n) is 6.13. The minimum atomic E-state index is -1.22. The van der Waals surface area contributed by atoms with E-state index in [0.717, 1.165) is 43.4 Å². The van der Waals surface area contributed by atoms with Gasteiger partial charge in [-0.15, -0.1) is 0 Å². The first kappa shape index (κ1) is 22.8. The van der Waals surface area contributed by atoms with E-state index in [1.807, 2.05) is 6.92 Å². The number of hydrogen-bond donors (Lipinski definition) is 0. The first-order valence-electron chi connectivity index (χ1n) is 11.5. The zero-order valence-electron chi connectivity index (χ0n) is 17.5. The molecule has 3 fully saturated rings. The second-order valence-corrected chi connectivity index (χ2v) is 9.67. The summed E-state index contributed by atoms with van der Waals surface area (Å²) in [5.74, 6) is 2.93. The van der Waals surface area contributed by atoms with E-state index in [1.54, 1.807) is 0 Å². The molecular formula is C24H46F2O. The van der Waals surface area contributed by atoms with Gasteiger partial charge in [-0.25, -0.2) is 8.78 Å². The molecule has 0 radical (unpaired) electrons. The minimum Gasteiger partial charge on any atom is -0.412 e. The van der Waals surface area contributed by atoms with Crippen molar-refractivity contribution in [1.82, 2.24) is 0 Å². The predicted octanol–water partition coefficient (Wildman–Crippen LogP) is 7.35. The third-order valence-corrected chi connectivity index (χ3v) is 7.98. The Hall–Kier alpha value is -0.440. The number of unbranched alkanes of at least 4 members (excludes halogenated alkanes) is 1. The second kappa shape index (κ2) is 10.9. The van der Waals surface area contributed by atoms with Crippen LogP contribution in [-0.4, -0.2) is 17.8 Å². The van der Waals surface area contributed by atoms with E-state index in [2.05, 4.69) is 19.1 Å². The zero-order chi connectivity index (χ0) is 18.5. The Bertz CT molecular complexity index is 446. The van der Waals surface area contributed by atoms with E-state index in [1.165, 1.54) is 51.4 Å². The van der Waals surface area contributed by atoms with Crippen LogP contribution in [0.5, 0.6) is 0 Å². The maximum absolute atomic E-state index is 14.5. The van der Waals surface area contributed by atoms with E-state index in [4.69, 9.17) is 0 Å². The summed E-state index contributed by atoms with van der Waals surface area (Å²) in [5, 5.41) is 0. The molecule has 0 amide bonds. The smallest absolute Gasteiger partial charge is 0.134 e. The number of allylic oxidation sites excluding steroid dienone is 2. The van der Waals surface area contributed by atoms with Crippen LogP contribution in [0.4, 0.5) is 8.78 Å². The van der Waals surface area contributed by atoms with Gasteiger partial charge in [-0.2, -0.15) is 0 Å². The maximum atomic E-state index is 14.5. The Morgan fingerprint density at radius 2 is 1.33 bits per heavy atom. The van der Waals surface area contributed by atoms with Gasteiger partial charge in [-0.1, -0.05) is 32.4 Å². The zero-order valence-corrected chi connectivity index (χ0v) is 17.5. The van der Waals surface area contributed by atoms with Gasteiger partial charge in [0, 0.05) is 2.85 Å². The van der Waals surface area contributed by atoms with Crippen LogP contribution in [0.25, 0.3) is 0 Å². The van der Waals surface area contributed by atoms with Gasteiger partial charge in [0.05, 0.1) is 0 Å². The lowest BCUT2D eigenvalue weighted by Gasteiger charge is -2.42. The van der Waals surface area contributed by atoms with Crippen molar-refractivity contribution in [2.24, 2.45) is 35.5 Å². The van der Waals surface area contributed by atoms with E-state index < -0.39 is 12.3 Å². The second-order valence-electron chi connectivity index (χ2n) is 9.67. The predicted molar refractivity (Wildman–Crippen MR) is 114 cm³/mol. The van der Waals surface area contributed by atoms with E-state index in [9.17, 15) is 8.78 Å². The highest BCUT2D eigenvalue weighted by Crippen LogP contribution is 2.47. The molecule has 0 bridgehead atoms. The summed E-state index contributed by atoms with van der Waals surface area (Å²) in [6.45, 7) is 4.11. The van der Waals surface area contributed by atoms with E-state index >= 15 is 0 Å². The van der Waals surface area contributed by atoms with Crippen molar-refractivity contribution >= 4 is 0 Å². The van der Waals surface area contributed by atoms with Gasteiger partial charge in [0.2, 0.25) is 0 Å². The molecular weight excluding hydrogens is 342 g/mol. The molecule has 0 heterocycles. The molecule has 0 aromatic rings. The van der Waals surface area contributed by atoms with Gasteiger partial charge in [0.15, 0.2) is 0 Å². The highest BCUT2D eigenvalue weighted by molar-refractivity contribution is 4.94. The normalized spacial score (nSPS) is 43.4. The molecule has 3 aliphatic carbocycles. The molecule has 2 N–H and O–H groups in total. The molecule has 3 aliphatic rings. The van der Waals surface area contributed by atoms with Crippen molar-refractivity contribution in [2.45, 2.75) is 103 Å². The molecule has 27 heavy (non-hydrogen) atoms. The third kappa shape index (κ3) is 5.78. The van der Waals surface area contributed by atoms with Crippen LogP contribution in [0.3, 0.4) is 0 Å². The molecule has 0 spiro atoms. The summed E-state index contributed by atoms with van der Waals surface area (Å²) in [6, 6.07) is 0. The van der Waals surface area contributed by atoms with Crippen molar-refractivity contribution in [3.8, 4) is 0 Å². The molecule has 4 unspecified atom stereocenters. The summed E-state index contributed by atoms with van der Waals surface area (Å²) < 4.78 is 28.6. The van der Waals surface area contributed by atoms with Crippen molar-refractivity contribution in [3.63, 3.8) is 0 Å². The van der Waals surface area contributed by atoms with Gasteiger partial charge in [0.25, 0.3) is 0 Å². The summed E-state index contributed by atoms with van der Waals surface area (Å²) >= 11 is 0. The average molecular weight is 389 g/mol. The average Bonchev–Trinajstić information content (AvgIpc) is 2.67. The maximum Gasteiger partial charge on any atom is 0.134 e. The molecule has 0 saturated heterocycles. The Labute approximate surface area is 168 Å². The Morgan fingerprint density at radius 1 is 0.778 bits per heavy atom. The summed E-state index contributed by atoms with van der Waals surface area (Å²) in [5.41, 5.74) is 0. The number of rotatable bonds is 5. The number of halogens is 2. The van der Waals surface area contributed by atoms with E-state index in [0.29, 0.717) is 5.92 Å². The Balaban J connectivity index is 0.00000261. The molecule has 0 aliphatic heterocycles.